The van der Waals surface area contributed by atoms with Gasteiger partial charge in [-0.3, -0.25) is 4.79 Å². The molecule has 28 heavy (non-hydrogen) atoms. The molecule has 4 rings (SSSR count). The maximum absolute atomic E-state index is 13.2. The zero-order valence-corrected chi connectivity index (χ0v) is 16.5. The maximum Gasteiger partial charge on any atom is 0.268 e. The van der Waals surface area contributed by atoms with E-state index < -0.39 is 0 Å². The van der Waals surface area contributed by atoms with Crippen molar-refractivity contribution in [2.45, 2.75) is 6.92 Å². The summed E-state index contributed by atoms with van der Waals surface area (Å²) < 4.78 is 7.38. The van der Waals surface area contributed by atoms with Crippen LogP contribution in [-0.2, 0) is 0 Å². The van der Waals surface area contributed by atoms with Crippen LogP contribution >= 0.6 is 11.3 Å². The van der Waals surface area contributed by atoms with Gasteiger partial charge >= 0.3 is 0 Å². The number of rotatable bonds is 5. The summed E-state index contributed by atoms with van der Waals surface area (Å²) in [7, 11) is 1.60. The summed E-state index contributed by atoms with van der Waals surface area (Å²) in [6, 6.07) is 19.8. The Balaban J connectivity index is 1.77. The highest BCUT2D eigenvalue weighted by Crippen LogP contribution is 2.36. The number of anilines is 1. The number of hydrogen-bond donors (Lipinski definition) is 1. The first-order valence-electron chi connectivity index (χ1n) is 8.93. The summed E-state index contributed by atoms with van der Waals surface area (Å²) in [5.41, 5.74) is 4.71. The lowest BCUT2D eigenvalue weighted by atomic mass is 10.1. The lowest BCUT2D eigenvalue weighted by Crippen LogP contribution is -2.13. The van der Waals surface area contributed by atoms with Crippen molar-refractivity contribution in [3.8, 4) is 22.6 Å². The Morgan fingerprint density at radius 1 is 1.04 bits per heavy atom. The van der Waals surface area contributed by atoms with Gasteiger partial charge in [0, 0.05) is 23.3 Å². The van der Waals surface area contributed by atoms with E-state index in [0.29, 0.717) is 16.3 Å². The number of benzene rings is 2. The number of aryl methyl sites for hydroxylation is 1. The Morgan fingerprint density at radius 3 is 2.50 bits per heavy atom. The van der Waals surface area contributed by atoms with Crippen molar-refractivity contribution >= 4 is 22.9 Å². The van der Waals surface area contributed by atoms with E-state index in [2.05, 4.69) is 17.4 Å². The number of hydrogen-bond acceptors (Lipinski definition) is 3. The Hall–Kier alpha value is -3.31. The molecule has 0 bridgehead atoms. The van der Waals surface area contributed by atoms with E-state index in [0.717, 1.165) is 22.4 Å². The van der Waals surface area contributed by atoms with Crippen molar-refractivity contribution in [2.24, 2.45) is 0 Å². The maximum atomic E-state index is 13.2. The van der Waals surface area contributed by atoms with Crippen LogP contribution in [0.4, 0.5) is 5.69 Å². The molecule has 4 aromatic rings. The van der Waals surface area contributed by atoms with Crippen molar-refractivity contribution in [3.63, 3.8) is 0 Å². The molecule has 0 saturated carbocycles. The molecule has 1 amide bonds. The van der Waals surface area contributed by atoms with Gasteiger partial charge in [0.15, 0.2) is 0 Å². The first-order chi connectivity index (χ1) is 13.7. The molecule has 0 aliphatic carbocycles. The van der Waals surface area contributed by atoms with Gasteiger partial charge in [-0.25, -0.2) is 0 Å². The van der Waals surface area contributed by atoms with Crippen molar-refractivity contribution in [1.82, 2.24) is 4.57 Å². The molecule has 0 saturated heterocycles. The van der Waals surface area contributed by atoms with Crippen molar-refractivity contribution < 1.29 is 9.53 Å². The van der Waals surface area contributed by atoms with Gasteiger partial charge in [0.1, 0.15) is 10.6 Å². The largest absolute Gasteiger partial charge is 0.495 e. The average molecular weight is 388 g/mol. The summed E-state index contributed by atoms with van der Waals surface area (Å²) in [5, 5.41) is 5.05. The van der Waals surface area contributed by atoms with Crippen LogP contribution in [0.5, 0.6) is 5.75 Å². The van der Waals surface area contributed by atoms with Crippen molar-refractivity contribution in [1.29, 1.82) is 0 Å². The van der Waals surface area contributed by atoms with Gasteiger partial charge in [-0.2, -0.15) is 0 Å². The van der Waals surface area contributed by atoms with E-state index in [9.17, 15) is 4.79 Å². The van der Waals surface area contributed by atoms with Gasteiger partial charge in [-0.1, -0.05) is 36.4 Å². The molecule has 0 radical (unpaired) electrons. The third-order valence-electron chi connectivity index (χ3n) is 4.52. The van der Waals surface area contributed by atoms with Crippen LogP contribution in [0.1, 0.15) is 15.2 Å². The molecule has 5 heteroatoms. The molecule has 1 N–H and O–H groups in total. The fourth-order valence-electron chi connectivity index (χ4n) is 3.17. The van der Waals surface area contributed by atoms with E-state index in [-0.39, 0.29) is 5.91 Å². The summed E-state index contributed by atoms with van der Waals surface area (Å²) in [5.74, 6) is 0.487. The number of thiophene rings is 1. The van der Waals surface area contributed by atoms with E-state index >= 15 is 0 Å². The molecular weight excluding hydrogens is 368 g/mol. The molecule has 0 atom stereocenters. The van der Waals surface area contributed by atoms with Crippen LogP contribution < -0.4 is 10.1 Å². The second-order valence-electron chi connectivity index (χ2n) is 6.44. The highest BCUT2D eigenvalue weighted by molar-refractivity contribution is 7.13. The standard InChI is InChI=1S/C23H20N2O2S/c1-16-10-11-20(27-2)19(14-16)24-23(26)22-21(25-12-6-7-13-25)18(15-28-22)17-8-4-3-5-9-17/h3-15H,1-2H3,(H,24,26). The number of nitrogens with one attached hydrogen (secondary N) is 1. The van der Waals surface area contributed by atoms with Crippen LogP contribution in [0.3, 0.4) is 0 Å². The number of carbonyl (C=O) groups is 1. The van der Waals surface area contributed by atoms with Crippen LogP contribution in [0, 0.1) is 6.92 Å². The SMILES string of the molecule is COc1ccc(C)cc1NC(=O)c1scc(-c2ccccc2)c1-n1cccc1. The van der Waals surface area contributed by atoms with Gasteiger partial charge in [-0.05, 0) is 42.3 Å². The van der Waals surface area contributed by atoms with Crippen molar-refractivity contribution in [2.75, 3.05) is 12.4 Å². The summed E-state index contributed by atoms with van der Waals surface area (Å²) in [6.07, 6.45) is 3.91. The van der Waals surface area contributed by atoms with Crippen LogP contribution in [0.2, 0.25) is 0 Å². The smallest absolute Gasteiger partial charge is 0.268 e. The van der Waals surface area contributed by atoms with E-state index in [1.54, 1.807) is 7.11 Å². The molecule has 0 spiro atoms. The zero-order chi connectivity index (χ0) is 19.5. The van der Waals surface area contributed by atoms with E-state index in [1.807, 2.05) is 77.8 Å². The molecule has 0 fully saturated rings. The Labute approximate surface area is 168 Å². The predicted octanol–water partition coefficient (Wildman–Crippen LogP) is 5.78. The molecule has 2 heterocycles. The first-order valence-corrected chi connectivity index (χ1v) is 9.81. The predicted molar refractivity (Wildman–Crippen MR) is 115 cm³/mol. The number of aromatic nitrogens is 1. The quantitative estimate of drug-likeness (QED) is 0.471. The highest BCUT2D eigenvalue weighted by Gasteiger charge is 2.21. The first kappa shape index (κ1) is 18.1. The van der Waals surface area contributed by atoms with Gasteiger partial charge in [-0.15, -0.1) is 11.3 Å². The number of carbonyl (C=O) groups excluding carboxylic acids is 1. The highest BCUT2D eigenvalue weighted by atomic mass is 32.1. The fourth-order valence-corrected chi connectivity index (χ4v) is 4.14. The van der Waals surface area contributed by atoms with Gasteiger partial charge < -0.3 is 14.6 Å². The molecular formula is C23H20N2O2S. The van der Waals surface area contributed by atoms with E-state index in [1.165, 1.54) is 11.3 Å². The Bertz CT molecular complexity index is 1100. The number of ether oxygens (including phenoxy) is 1. The molecule has 4 nitrogen and oxygen atoms in total. The van der Waals surface area contributed by atoms with Crippen molar-refractivity contribution in [3.05, 3.63) is 88.9 Å². The zero-order valence-electron chi connectivity index (χ0n) is 15.7. The Kier molecular flexibility index (Phi) is 5.00. The number of nitrogens with zero attached hydrogens (tertiary/aromatic N) is 1. The minimum absolute atomic E-state index is 0.153. The minimum Gasteiger partial charge on any atom is -0.495 e. The summed E-state index contributed by atoms with van der Waals surface area (Å²) >= 11 is 1.44. The summed E-state index contributed by atoms with van der Waals surface area (Å²) in [6.45, 7) is 1.99. The molecule has 0 aliphatic heterocycles. The Morgan fingerprint density at radius 2 is 1.79 bits per heavy atom. The second kappa shape index (κ2) is 7.74. The summed E-state index contributed by atoms with van der Waals surface area (Å²) in [4.78, 5) is 13.8. The second-order valence-corrected chi connectivity index (χ2v) is 7.32. The molecule has 2 aromatic heterocycles. The third-order valence-corrected chi connectivity index (χ3v) is 5.49. The van der Waals surface area contributed by atoms with E-state index in [4.69, 9.17) is 4.74 Å². The average Bonchev–Trinajstić information content (AvgIpc) is 3.38. The molecule has 0 unspecified atom stereocenters. The molecule has 140 valence electrons. The topological polar surface area (TPSA) is 43.3 Å². The lowest BCUT2D eigenvalue weighted by Gasteiger charge is -2.12. The lowest BCUT2D eigenvalue weighted by molar-refractivity contribution is 0.103. The van der Waals surface area contributed by atoms with Crippen LogP contribution in [0.25, 0.3) is 16.8 Å². The van der Waals surface area contributed by atoms with Gasteiger partial charge in [0.25, 0.3) is 5.91 Å². The molecule has 2 aromatic carbocycles. The van der Waals surface area contributed by atoms with Crippen LogP contribution in [-0.4, -0.2) is 17.6 Å². The fraction of sp³-hybridized carbons (Fsp3) is 0.0870. The monoisotopic (exact) mass is 388 g/mol. The molecule has 0 aliphatic rings. The normalized spacial score (nSPS) is 10.6. The van der Waals surface area contributed by atoms with Crippen LogP contribution in [0.15, 0.2) is 78.4 Å². The van der Waals surface area contributed by atoms with Gasteiger partial charge in [0.2, 0.25) is 0 Å². The van der Waals surface area contributed by atoms with Gasteiger partial charge in [0.05, 0.1) is 18.5 Å². The third kappa shape index (κ3) is 3.44. The number of amides is 1. The minimum atomic E-state index is -0.153. The number of methoxy groups -OCH3 is 1.